The molecule has 0 aromatic heterocycles. The number of carbonyl (C=O) groups excluding carboxylic acids is 1. The van der Waals surface area contributed by atoms with E-state index in [1.807, 2.05) is 36.4 Å². The van der Waals surface area contributed by atoms with Crippen molar-refractivity contribution in [2.45, 2.75) is 12.8 Å². The summed E-state index contributed by atoms with van der Waals surface area (Å²) in [4.78, 5) is 11.8. The van der Waals surface area contributed by atoms with Gasteiger partial charge >= 0.3 is 0 Å². The molecule has 0 spiro atoms. The molecule has 0 heterocycles. The lowest BCUT2D eigenvalue weighted by Crippen LogP contribution is -2.13. The molecule has 5 heteroatoms. The van der Waals surface area contributed by atoms with Crippen LogP contribution in [-0.4, -0.2) is 12.5 Å². The number of amides is 1. The second kappa shape index (κ2) is 7.87. The molecule has 0 bridgehead atoms. The number of anilines is 2. The van der Waals surface area contributed by atoms with Crippen LogP contribution in [0.4, 0.5) is 11.4 Å². The molecule has 1 amide bonds. The number of benzene rings is 2. The zero-order valence-corrected chi connectivity index (χ0v) is 13.7. The number of nitrogen functional groups attached to an aromatic ring is 1. The summed E-state index contributed by atoms with van der Waals surface area (Å²) in [6.45, 7) is 0.512. The molecule has 0 fully saturated rings. The molecule has 3 N–H and O–H groups in total. The average Bonchev–Trinajstić information content (AvgIpc) is 2.46. The van der Waals surface area contributed by atoms with E-state index in [9.17, 15) is 4.79 Å². The van der Waals surface area contributed by atoms with E-state index in [0.717, 1.165) is 9.32 Å². The van der Waals surface area contributed by atoms with Gasteiger partial charge in [-0.05, 0) is 59.3 Å². The smallest absolute Gasteiger partial charge is 0.224 e. The number of halogens is 1. The first kappa shape index (κ1) is 15.6. The van der Waals surface area contributed by atoms with Gasteiger partial charge in [-0.1, -0.05) is 18.2 Å². The maximum atomic E-state index is 11.8. The third-order valence-corrected chi connectivity index (χ3v) is 3.52. The number of ether oxygens (including phenoxy) is 1. The quantitative estimate of drug-likeness (QED) is 0.445. The minimum absolute atomic E-state index is 0.0563. The molecule has 4 nitrogen and oxygen atoms in total. The number of hydrogen-bond donors (Lipinski definition) is 2. The lowest BCUT2D eigenvalue weighted by molar-refractivity contribution is -0.116. The standard InChI is InChI=1S/C16H17IN2O2/c17-12-5-3-6-13(11-12)21-10-4-9-16(20)19-15-8-2-1-7-14(15)18/h1-3,5-8,11H,4,9-10,18H2,(H,19,20). The largest absolute Gasteiger partial charge is 0.494 e. The minimum Gasteiger partial charge on any atom is -0.494 e. The molecule has 0 aliphatic carbocycles. The van der Waals surface area contributed by atoms with Crippen LogP contribution < -0.4 is 15.8 Å². The Morgan fingerprint density at radius 1 is 1.19 bits per heavy atom. The summed E-state index contributed by atoms with van der Waals surface area (Å²) in [6, 6.07) is 15.0. The first-order valence-corrected chi connectivity index (χ1v) is 7.76. The molecule has 0 aliphatic rings. The monoisotopic (exact) mass is 396 g/mol. The summed E-state index contributed by atoms with van der Waals surface area (Å²) in [5, 5.41) is 2.80. The van der Waals surface area contributed by atoms with Crippen LogP contribution in [0.5, 0.6) is 5.75 Å². The van der Waals surface area contributed by atoms with Crippen molar-refractivity contribution < 1.29 is 9.53 Å². The maximum Gasteiger partial charge on any atom is 0.224 e. The highest BCUT2D eigenvalue weighted by atomic mass is 127. The molecule has 0 aliphatic heterocycles. The predicted molar refractivity (Wildman–Crippen MR) is 93.4 cm³/mol. The molecule has 0 atom stereocenters. The second-order valence-corrected chi connectivity index (χ2v) is 5.79. The zero-order chi connectivity index (χ0) is 15.1. The molecule has 2 rings (SSSR count). The molecule has 0 unspecified atom stereocenters. The van der Waals surface area contributed by atoms with Gasteiger partial charge in [-0.2, -0.15) is 0 Å². The molecule has 0 saturated heterocycles. The Bertz CT molecular complexity index is 617. The normalized spacial score (nSPS) is 10.1. The van der Waals surface area contributed by atoms with Crippen molar-refractivity contribution in [3.63, 3.8) is 0 Å². The van der Waals surface area contributed by atoms with Gasteiger partial charge in [0.1, 0.15) is 5.75 Å². The number of hydrogen-bond acceptors (Lipinski definition) is 3. The fourth-order valence-corrected chi connectivity index (χ4v) is 2.32. The molecule has 2 aromatic rings. The average molecular weight is 396 g/mol. The fraction of sp³-hybridized carbons (Fsp3) is 0.188. The van der Waals surface area contributed by atoms with Gasteiger partial charge in [0.15, 0.2) is 0 Å². The number of para-hydroxylation sites is 2. The van der Waals surface area contributed by atoms with Crippen LogP contribution >= 0.6 is 22.6 Å². The van der Waals surface area contributed by atoms with Gasteiger partial charge in [-0.3, -0.25) is 4.79 Å². The van der Waals surface area contributed by atoms with Crippen molar-refractivity contribution >= 4 is 39.9 Å². The van der Waals surface area contributed by atoms with Crippen molar-refractivity contribution in [1.29, 1.82) is 0 Å². The van der Waals surface area contributed by atoms with E-state index in [-0.39, 0.29) is 5.91 Å². The van der Waals surface area contributed by atoms with E-state index < -0.39 is 0 Å². The van der Waals surface area contributed by atoms with E-state index in [2.05, 4.69) is 27.9 Å². The van der Waals surface area contributed by atoms with E-state index in [1.165, 1.54) is 0 Å². The van der Waals surface area contributed by atoms with Gasteiger partial charge < -0.3 is 15.8 Å². The first-order chi connectivity index (χ1) is 10.1. The Kier molecular flexibility index (Phi) is 5.86. The number of nitrogens with one attached hydrogen (secondary N) is 1. The van der Waals surface area contributed by atoms with Crippen LogP contribution in [0, 0.1) is 3.57 Å². The highest BCUT2D eigenvalue weighted by Crippen LogP contribution is 2.17. The zero-order valence-electron chi connectivity index (χ0n) is 11.5. The number of nitrogens with two attached hydrogens (primary N) is 1. The van der Waals surface area contributed by atoms with Crippen molar-refractivity contribution in [3.05, 3.63) is 52.1 Å². The van der Waals surface area contributed by atoms with Crippen LogP contribution in [0.2, 0.25) is 0 Å². The summed E-state index contributed by atoms with van der Waals surface area (Å²) in [6.07, 6.45) is 1.06. The second-order valence-electron chi connectivity index (χ2n) is 4.54. The SMILES string of the molecule is Nc1ccccc1NC(=O)CCCOc1cccc(I)c1. The number of rotatable bonds is 6. The lowest BCUT2D eigenvalue weighted by atomic mass is 10.2. The molecular weight excluding hydrogens is 379 g/mol. The molecule has 21 heavy (non-hydrogen) atoms. The highest BCUT2D eigenvalue weighted by molar-refractivity contribution is 14.1. The summed E-state index contributed by atoms with van der Waals surface area (Å²) < 4.78 is 6.73. The van der Waals surface area contributed by atoms with Crippen LogP contribution in [-0.2, 0) is 4.79 Å². The highest BCUT2D eigenvalue weighted by Gasteiger charge is 2.04. The van der Waals surface area contributed by atoms with Crippen LogP contribution in [0.1, 0.15) is 12.8 Å². The van der Waals surface area contributed by atoms with Gasteiger partial charge in [-0.25, -0.2) is 0 Å². The van der Waals surface area contributed by atoms with Gasteiger partial charge in [0, 0.05) is 9.99 Å². The number of carbonyl (C=O) groups is 1. The Morgan fingerprint density at radius 2 is 2.00 bits per heavy atom. The minimum atomic E-state index is -0.0563. The van der Waals surface area contributed by atoms with E-state index in [4.69, 9.17) is 10.5 Å². The topological polar surface area (TPSA) is 64.3 Å². The summed E-state index contributed by atoms with van der Waals surface area (Å²) >= 11 is 2.24. The van der Waals surface area contributed by atoms with Crippen molar-refractivity contribution in [2.24, 2.45) is 0 Å². The van der Waals surface area contributed by atoms with Crippen LogP contribution in [0.15, 0.2) is 48.5 Å². The molecular formula is C16H17IN2O2. The first-order valence-electron chi connectivity index (χ1n) is 6.68. The fourth-order valence-electron chi connectivity index (χ4n) is 1.80. The van der Waals surface area contributed by atoms with Crippen LogP contribution in [0.3, 0.4) is 0 Å². The summed E-state index contributed by atoms with van der Waals surface area (Å²) in [7, 11) is 0. The third-order valence-electron chi connectivity index (χ3n) is 2.85. The van der Waals surface area contributed by atoms with E-state index >= 15 is 0 Å². The summed E-state index contributed by atoms with van der Waals surface area (Å²) in [5.74, 6) is 0.772. The van der Waals surface area contributed by atoms with Crippen molar-refractivity contribution in [3.8, 4) is 5.75 Å². The Morgan fingerprint density at radius 3 is 2.76 bits per heavy atom. The van der Waals surface area contributed by atoms with Gasteiger partial charge in [0.05, 0.1) is 18.0 Å². The van der Waals surface area contributed by atoms with Gasteiger partial charge in [-0.15, -0.1) is 0 Å². The van der Waals surface area contributed by atoms with Gasteiger partial charge in [0.2, 0.25) is 5.91 Å². The molecule has 0 saturated carbocycles. The Balaban J connectivity index is 1.71. The van der Waals surface area contributed by atoms with E-state index in [1.54, 1.807) is 12.1 Å². The van der Waals surface area contributed by atoms with E-state index in [0.29, 0.717) is 30.8 Å². The van der Waals surface area contributed by atoms with Crippen molar-refractivity contribution in [1.82, 2.24) is 0 Å². The predicted octanol–water partition coefficient (Wildman–Crippen LogP) is 3.67. The molecule has 2 aromatic carbocycles. The maximum absolute atomic E-state index is 11.8. The van der Waals surface area contributed by atoms with Crippen LogP contribution in [0.25, 0.3) is 0 Å². The Labute approximate surface area is 137 Å². The third kappa shape index (κ3) is 5.26. The lowest BCUT2D eigenvalue weighted by Gasteiger charge is -2.08. The Hall–Kier alpha value is -1.76. The molecule has 110 valence electrons. The van der Waals surface area contributed by atoms with Crippen molar-refractivity contribution in [2.75, 3.05) is 17.7 Å². The molecule has 0 radical (unpaired) electrons. The van der Waals surface area contributed by atoms with Gasteiger partial charge in [0.25, 0.3) is 0 Å². The summed E-state index contributed by atoms with van der Waals surface area (Å²) in [5.41, 5.74) is 7.00.